The van der Waals surface area contributed by atoms with E-state index in [0.717, 1.165) is 37.8 Å². The zero-order chi connectivity index (χ0) is 23.4. The summed E-state index contributed by atoms with van der Waals surface area (Å²) >= 11 is 0. The van der Waals surface area contributed by atoms with Gasteiger partial charge in [0, 0.05) is 33.2 Å². The minimum absolute atomic E-state index is 0.152. The number of methoxy groups -OCH3 is 1. The van der Waals surface area contributed by atoms with Crippen LogP contribution in [0.15, 0.2) is 24.3 Å². The number of fused-ring (bicyclic) bond motifs is 1. The molecule has 2 saturated carbocycles. The van der Waals surface area contributed by atoms with E-state index >= 15 is 0 Å². The van der Waals surface area contributed by atoms with Gasteiger partial charge in [-0.2, -0.15) is 0 Å². The Morgan fingerprint density at radius 2 is 1.88 bits per heavy atom. The lowest BCUT2D eigenvalue weighted by molar-refractivity contribution is -0.197. The molecule has 0 aromatic heterocycles. The number of carboxylic acids is 1. The molecule has 3 unspecified atom stereocenters. The van der Waals surface area contributed by atoms with E-state index in [2.05, 4.69) is 6.07 Å². The molecule has 5 rings (SSSR count). The van der Waals surface area contributed by atoms with Crippen molar-refractivity contribution < 1.29 is 24.2 Å². The number of benzene rings is 1. The van der Waals surface area contributed by atoms with Crippen LogP contribution in [-0.4, -0.2) is 65.0 Å². The molecule has 1 N–H and O–H groups in total. The molecule has 0 bridgehead atoms. The number of likely N-dealkylation sites (tertiary alicyclic amines) is 1. The van der Waals surface area contributed by atoms with E-state index in [9.17, 15) is 19.5 Å². The van der Waals surface area contributed by atoms with Gasteiger partial charge in [-0.05, 0) is 62.0 Å². The molecule has 2 amide bonds. The minimum Gasteiger partial charge on any atom is -0.481 e. The summed E-state index contributed by atoms with van der Waals surface area (Å²) in [5, 5.41) is 10.2. The predicted molar refractivity (Wildman–Crippen MR) is 121 cm³/mol. The summed E-state index contributed by atoms with van der Waals surface area (Å²) in [6, 6.07) is 7.82. The standard InChI is InChI=1S/C26H34N2O5/c1-24(23(31)32)10-5-6-11-26(24,33-2)22(30)28-14-9-18-7-3-4-8-19(18)20(28)16-27-17-25(12-13-25)15-21(27)29/h3-4,7-8,20H,5-6,9-17H2,1-2H3,(H,31,32). The predicted octanol–water partition coefficient (Wildman–Crippen LogP) is 3.18. The molecule has 1 aromatic carbocycles. The molecule has 2 heterocycles. The normalized spacial score (nSPS) is 32.7. The van der Waals surface area contributed by atoms with Gasteiger partial charge in [-0.3, -0.25) is 14.4 Å². The van der Waals surface area contributed by atoms with Crippen LogP contribution in [0.3, 0.4) is 0 Å². The van der Waals surface area contributed by atoms with E-state index in [1.54, 1.807) is 6.92 Å². The lowest BCUT2D eigenvalue weighted by Crippen LogP contribution is -2.65. The van der Waals surface area contributed by atoms with E-state index in [-0.39, 0.29) is 23.3 Å². The summed E-state index contributed by atoms with van der Waals surface area (Å²) in [5.41, 5.74) is -0.302. The third kappa shape index (κ3) is 3.38. The smallest absolute Gasteiger partial charge is 0.312 e. The fourth-order valence-electron chi connectivity index (χ4n) is 6.56. The molecule has 0 radical (unpaired) electrons. The molecule has 7 nitrogen and oxygen atoms in total. The van der Waals surface area contributed by atoms with E-state index in [1.807, 2.05) is 28.0 Å². The number of ether oxygens (including phenoxy) is 1. The van der Waals surface area contributed by atoms with Gasteiger partial charge in [-0.1, -0.05) is 30.7 Å². The van der Waals surface area contributed by atoms with Crippen LogP contribution in [-0.2, 0) is 25.5 Å². The van der Waals surface area contributed by atoms with Gasteiger partial charge in [0.2, 0.25) is 5.91 Å². The number of carbonyl (C=O) groups is 3. The Labute approximate surface area is 195 Å². The number of amides is 2. The van der Waals surface area contributed by atoms with Gasteiger partial charge in [-0.15, -0.1) is 0 Å². The highest BCUT2D eigenvalue weighted by molar-refractivity contribution is 5.94. The molecule has 3 fully saturated rings. The van der Waals surface area contributed by atoms with E-state index in [1.165, 1.54) is 12.7 Å². The average molecular weight is 455 g/mol. The topological polar surface area (TPSA) is 87.2 Å². The molecule has 1 aromatic rings. The van der Waals surface area contributed by atoms with Crippen LogP contribution in [0.5, 0.6) is 0 Å². The molecule has 7 heteroatoms. The fraction of sp³-hybridized carbons (Fsp3) is 0.654. The molecule has 1 spiro atoms. The Morgan fingerprint density at radius 3 is 2.55 bits per heavy atom. The van der Waals surface area contributed by atoms with Crippen molar-refractivity contribution in [1.82, 2.24) is 9.80 Å². The molecule has 3 atom stereocenters. The lowest BCUT2D eigenvalue weighted by atomic mass is 9.63. The Balaban J connectivity index is 1.51. The number of carbonyl (C=O) groups excluding carboxylic acids is 2. The summed E-state index contributed by atoms with van der Waals surface area (Å²) in [6.45, 7) is 3.36. The monoisotopic (exact) mass is 454 g/mol. The molecule has 4 aliphatic rings. The SMILES string of the molecule is COC1(C(=O)N2CCc3ccccc3C2CN2CC3(CC3)CC2=O)CCCCC1(C)C(=O)O. The molecule has 1 saturated heterocycles. The van der Waals surface area contributed by atoms with E-state index in [4.69, 9.17) is 4.74 Å². The second-order valence-corrected chi connectivity index (χ2v) is 10.8. The number of aliphatic carboxylic acids is 1. The highest BCUT2D eigenvalue weighted by Crippen LogP contribution is 2.54. The number of carboxylic acid groups (broad SMARTS) is 1. The van der Waals surface area contributed by atoms with Gasteiger partial charge in [0.1, 0.15) is 5.41 Å². The fourth-order valence-corrected chi connectivity index (χ4v) is 6.56. The maximum Gasteiger partial charge on any atom is 0.312 e. The van der Waals surface area contributed by atoms with Crippen molar-refractivity contribution in [3.63, 3.8) is 0 Å². The average Bonchev–Trinajstić information content (AvgIpc) is 3.49. The van der Waals surface area contributed by atoms with Crippen LogP contribution in [0, 0.1) is 10.8 Å². The number of nitrogens with zero attached hydrogens (tertiary/aromatic N) is 2. The first-order chi connectivity index (χ1) is 15.8. The number of hydrogen-bond donors (Lipinski definition) is 1. The highest BCUT2D eigenvalue weighted by atomic mass is 16.5. The zero-order valence-electron chi connectivity index (χ0n) is 19.6. The summed E-state index contributed by atoms with van der Waals surface area (Å²) in [6.07, 6.45) is 5.83. The van der Waals surface area contributed by atoms with Crippen molar-refractivity contribution in [2.24, 2.45) is 10.8 Å². The quantitative estimate of drug-likeness (QED) is 0.738. The summed E-state index contributed by atoms with van der Waals surface area (Å²) in [7, 11) is 1.47. The maximum atomic E-state index is 14.3. The van der Waals surface area contributed by atoms with E-state index < -0.39 is 17.0 Å². The third-order valence-electron chi connectivity index (χ3n) is 8.94. The number of hydrogen-bond acceptors (Lipinski definition) is 4. The highest BCUT2D eigenvalue weighted by Gasteiger charge is 2.62. The summed E-state index contributed by atoms with van der Waals surface area (Å²) < 4.78 is 5.89. The van der Waals surface area contributed by atoms with Crippen molar-refractivity contribution in [1.29, 1.82) is 0 Å². The maximum absolute atomic E-state index is 14.3. The Morgan fingerprint density at radius 1 is 1.15 bits per heavy atom. The first-order valence-electron chi connectivity index (χ1n) is 12.2. The van der Waals surface area contributed by atoms with Gasteiger partial charge in [-0.25, -0.2) is 0 Å². The van der Waals surface area contributed by atoms with Crippen LogP contribution in [0.25, 0.3) is 0 Å². The Kier molecular flexibility index (Phi) is 5.31. The van der Waals surface area contributed by atoms with Gasteiger partial charge < -0.3 is 19.6 Å². The Hall–Kier alpha value is -2.41. The molecule has 2 aliphatic heterocycles. The number of rotatable bonds is 5. The van der Waals surface area contributed by atoms with Gasteiger partial charge in [0.05, 0.1) is 6.04 Å². The van der Waals surface area contributed by atoms with E-state index in [0.29, 0.717) is 38.8 Å². The second kappa shape index (κ2) is 7.83. The van der Waals surface area contributed by atoms with Crippen molar-refractivity contribution in [2.75, 3.05) is 26.7 Å². The largest absolute Gasteiger partial charge is 0.481 e. The van der Waals surface area contributed by atoms with Crippen molar-refractivity contribution in [3.8, 4) is 0 Å². The van der Waals surface area contributed by atoms with Crippen LogP contribution >= 0.6 is 0 Å². The first kappa shape index (κ1) is 22.4. The first-order valence-corrected chi connectivity index (χ1v) is 12.2. The minimum atomic E-state index is -1.41. The van der Waals surface area contributed by atoms with Crippen LogP contribution < -0.4 is 0 Å². The molecular weight excluding hydrogens is 420 g/mol. The summed E-state index contributed by atoms with van der Waals surface area (Å²) in [5.74, 6) is -1.07. The van der Waals surface area contributed by atoms with Crippen LogP contribution in [0.1, 0.15) is 69.0 Å². The van der Waals surface area contributed by atoms with Gasteiger partial charge >= 0.3 is 5.97 Å². The van der Waals surface area contributed by atoms with Gasteiger partial charge in [0.25, 0.3) is 5.91 Å². The van der Waals surface area contributed by atoms with Crippen LogP contribution in [0.4, 0.5) is 0 Å². The third-order valence-corrected chi connectivity index (χ3v) is 8.94. The zero-order valence-corrected chi connectivity index (χ0v) is 19.6. The molecule has 33 heavy (non-hydrogen) atoms. The van der Waals surface area contributed by atoms with Crippen molar-refractivity contribution in [3.05, 3.63) is 35.4 Å². The van der Waals surface area contributed by atoms with Gasteiger partial charge in [0.15, 0.2) is 5.60 Å². The second-order valence-electron chi connectivity index (χ2n) is 10.8. The Bertz CT molecular complexity index is 989. The lowest BCUT2D eigenvalue weighted by Gasteiger charge is -2.51. The van der Waals surface area contributed by atoms with Crippen LogP contribution in [0.2, 0.25) is 0 Å². The molecule has 2 aliphatic carbocycles. The molecular formula is C26H34N2O5. The summed E-state index contributed by atoms with van der Waals surface area (Å²) in [4.78, 5) is 43.3. The molecule has 178 valence electrons. The van der Waals surface area contributed by atoms with Crippen molar-refractivity contribution in [2.45, 2.75) is 69.9 Å². The van der Waals surface area contributed by atoms with Crippen molar-refractivity contribution >= 4 is 17.8 Å².